The number of rotatable bonds is 1. The zero-order chi connectivity index (χ0) is 5.82. The standard InChI is InChI=1S/C5H9N2O/c8-5-7-3-1-6-2-4-7/h6H,1-4H2. The van der Waals surface area contributed by atoms with Crippen molar-refractivity contribution in [3.8, 4) is 0 Å². The molecule has 1 aliphatic rings. The van der Waals surface area contributed by atoms with E-state index in [1.807, 2.05) is 6.41 Å². The Labute approximate surface area is 48.7 Å². The van der Waals surface area contributed by atoms with Crippen LogP contribution in [0.5, 0.6) is 0 Å². The molecule has 0 aromatic heterocycles. The van der Waals surface area contributed by atoms with Crippen LogP contribution < -0.4 is 5.32 Å². The van der Waals surface area contributed by atoms with Crippen LogP contribution in [0.15, 0.2) is 0 Å². The maximum absolute atomic E-state index is 9.93. The molecule has 1 aliphatic heterocycles. The first-order chi connectivity index (χ1) is 3.93. The summed E-state index contributed by atoms with van der Waals surface area (Å²) in [4.78, 5) is 11.6. The fourth-order valence-electron chi connectivity index (χ4n) is 0.756. The van der Waals surface area contributed by atoms with Gasteiger partial charge in [0.05, 0.1) is 0 Å². The summed E-state index contributed by atoms with van der Waals surface area (Å²) in [7, 11) is 0. The van der Waals surface area contributed by atoms with Gasteiger partial charge in [-0.3, -0.25) is 4.79 Å². The van der Waals surface area contributed by atoms with Gasteiger partial charge in [0.15, 0.2) is 0 Å². The molecule has 45 valence electrons. The Morgan fingerprint density at radius 3 is 2.38 bits per heavy atom. The normalized spacial score (nSPS) is 20.8. The molecule has 0 aromatic carbocycles. The Morgan fingerprint density at radius 1 is 1.38 bits per heavy atom. The van der Waals surface area contributed by atoms with Crippen LogP contribution in [0.1, 0.15) is 0 Å². The van der Waals surface area contributed by atoms with Gasteiger partial charge in [-0.2, -0.15) is 0 Å². The van der Waals surface area contributed by atoms with Crippen LogP contribution in [0, 0.1) is 0 Å². The Kier molecular flexibility index (Phi) is 1.86. The summed E-state index contributed by atoms with van der Waals surface area (Å²) in [5.74, 6) is 0. The molecule has 0 unspecified atom stereocenters. The van der Waals surface area contributed by atoms with Gasteiger partial charge in [0, 0.05) is 26.2 Å². The van der Waals surface area contributed by atoms with Crippen LogP contribution in [-0.4, -0.2) is 37.5 Å². The van der Waals surface area contributed by atoms with Crippen LogP contribution in [0.3, 0.4) is 0 Å². The van der Waals surface area contributed by atoms with E-state index in [-0.39, 0.29) is 0 Å². The van der Waals surface area contributed by atoms with Crippen molar-refractivity contribution in [2.24, 2.45) is 0 Å². The van der Waals surface area contributed by atoms with Gasteiger partial charge in [-0.05, 0) is 0 Å². The van der Waals surface area contributed by atoms with Gasteiger partial charge in [-0.15, -0.1) is 0 Å². The fraction of sp³-hybridized carbons (Fsp3) is 0.800. The number of nitrogens with zero attached hydrogens (tertiary/aromatic N) is 1. The molecule has 1 N–H and O–H groups in total. The zero-order valence-corrected chi connectivity index (χ0v) is 4.68. The minimum atomic E-state index is 0.809. The smallest absolute Gasteiger partial charge is 0.312 e. The predicted molar refractivity (Wildman–Crippen MR) is 30.1 cm³/mol. The molecule has 0 atom stereocenters. The lowest BCUT2D eigenvalue weighted by molar-refractivity contribution is 0.335. The topological polar surface area (TPSA) is 32.3 Å². The second-order valence-electron chi connectivity index (χ2n) is 1.83. The van der Waals surface area contributed by atoms with Gasteiger partial charge in [-0.1, -0.05) is 0 Å². The van der Waals surface area contributed by atoms with Crippen molar-refractivity contribution in [2.75, 3.05) is 26.2 Å². The predicted octanol–water partition coefficient (Wildman–Crippen LogP) is -1.04. The number of piperazine rings is 1. The molecule has 1 radical (unpaired) electrons. The molecule has 0 bridgehead atoms. The first-order valence-electron chi connectivity index (χ1n) is 2.77. The molecular weight excluding hydrogens is 104 g/mol. The van der Waals surface area contributed by atoms with Gasteiger partial charge in [-0.25, -0.2) is 0 Å². The third-order valence-electron chi connectivity index (χ3n) is 1.25. The molecule has 0 saturated carbocycles. The Balaban J connectivity index is 2.22. The van der Waals surface area contributed by atoms with Gasteiger partial charge in [0.25, 0.3) is 0 Å². The number of amides is 1. The summed E-state index contributed by atoms with van der Waals surface area (Å²) in [6, 6.07) is 0. The molecule has 0 aliphatic carbocycles. The lowest BCUT2D eigenvalue weighted by Crippen LogP contribution is -2.42. The molecule has 0 spiro atoms. The highest BCUT2D eigenvalue weighted by Crippen LogP contribution is 1.84. The number of hydrogen-bond donors (Lipinski definition) is 1. The van der Waals surface area contributed by atoms with E-state index >= 15 is 0 Å². The first-order valence-corrected chi connectivity index (χ1v) is 2.77. The summed E-state index contributed by atoms with van der Waals surface area (Å²) in [5.41, 5.74) is 0. The number of hydrogen-bond acceptors (Lipinski definition) is 2. The van der Waals surface area contributed by atoms with E-state index in [9.17, 15) is 4.79 Å². The number of nitrogens with one attached hydrogen (secondary N) is 1. The van der Waals surface area contributed by atoms with E-state index < -0.39 is 0 Å². The minimum absolute atomic E-state index is 0.809. The lowest BCUT2D eigenvalue weighted by Gasteiger charge is -2.21. The first kappa shape index (κ1) is 5.56. The molecule has 1 heterocycles. The van der Waals surface area contributed by atoms with Gasteiger partial charge >= 0.3 is 6.41 Å². The quantitative estimate of drug-likeness (QED) is 0.471. The van der Waals surface area contributed by atoms with Crippen molar-refractivity contribution < 1.29 is 4.79 Å². The van der Waals surface area contributed by atoms with Crippen molar-refractivity contribution in [1.82, 2.24) is 10.2 Å². The number of carbonyl (C=O) groups excluding carboxylic acids is 1. The maximum Gasteiger partial charge on any atom is 0.312 e. The van der Waals surface area contributed by atoms with E-state index in [1.165, 1.54) is 0 Å². The molecule has 8 heavy (non-hydrogen) atoms. The van der Waals surface area contributed by atoms with Gasteiger partial charge in [0.2, 0.25) is 0 Å². The Morgan fingerprint density at radius 2 is 2.00 bits per heavy atom. The third-order valence-corrected chi connectivity index (χ3v) is 1.25. The van der Waals surface area contributed by atoms with Crippen LogP contribution in [-0.2, 0) is 4.79 Å². The van der Waals surface area contributed by atoms with E-state index in [4.69, 9.17) is 0 Å². The Hall–Kier alpha value is -0.570. The average molecular weight is 113 g/mol. The molecule has 1 rings (SSSR count). The van der Waals surface area contributed by atoms with Crippen molar-refractivity contribution in [1.29, 1.82) is 0 Å². The largest absolute Gasteiger partial charge is 0.332 e. The summed E-state index contributed by atoms with van der Waals surface area (Å²) >= 11 is 0. The Bertz CT molecular complexity index is 78.5. The molecule has 3 nitrogen and oxygen atoms in total. The molecule has 1 fully saturated rings. The van der Waals surface area contributed by atoms with Crippen LogP contribution >= 0.6 is 0 Å². The molecule has 1 amide bonds. The van der Waals surface area contributed by atoms with Crippen LogP contribution in [0.2, 0.25) is 0 Å². The van der Waals surface area contributed by atoms with Crippen molar-refractivity contribution in [2.45, 2.75) is 0 Å². The summed E-state index contributed by atoms with van der Waals surface area (Å²) < 4.78 is 0. The van der Waals surface area contributed by atoms with Crippen molar-refractivity contribution in [3.05, 3.63) is 0 Å². The van der Waals surface area contributed by atoms with Crippen molar-refractivity contribution >= 4 is 6.41 Å². The highest BCUT2D eigenvalue weighted by Gasteiger charge is 2.05. The van der Waals surface area contributed by atoms with E-state index in [0.717, 1.165) is 26.2 Å². The zero-order valence-electron chi connectivity index (χ0n) is 4.68. The van der Waals surface area contributed by atoms with Crippen LogP contribution in [0.4, 0.5) is 0 Å². The van der Waals surface area contributed by atoms with Gasteiger partial charge in [0.1, 0.15) is 0 Å². The third kappa shape index (κ3) is 1.20. The van der Waals surface area contributed by atoms with E-state index in [1.54, 1.807) is 4.90 Å². The SMILES string of the molecule is O=[C]N1CCNCC1. The molecule has 1 saturated heterocycles. The highest BCUT2D eigenvalue weighted by molar-refractivity contribution is 5.48. The highest BCUT2D eigenvalue weighted by atomic mass is 16.1. The van der Waals surface area contributed by atoms with Crippen molar-refractivity contribution in [3.63, 3.8) is 0 Å². The summed E-state index contributed by atoms with van der Waals surface area (Å²) in [6.45, 7) is 3.44. The minimum Gasteiger partial charge on any atom is -0.332 e. The second-order valence-corrected chi connectivity index (χ2v) is 1.83. The van der Waals surface area contributed by atoms with Crippen LogP contribution in [0.25, 0.3) is 0 Å². The van der Waals surface area contributed by atoms with Gasteiger partial charge < -0.3 is 10.2 Å². The summed E-state index contributed by atoms with van der Waals surface area (Å²) in [6.07, 6.45) is 1.85. The maximum atomic E-state index is 9.93. The summed E-state index contributed by atoms with van der Waals surface area (Å²) in [5, 5.41) is 3.13. The lowest BCUT2D eigenvalue weighted by atomic mass is 10.4. The second kappa shape index (κ2) is 2.67. The molecule has 0 aromatic rings. The molecular formula is C5H9N2O. The van der Waals surface area contributed by atoms with E-state index in [2.05, 4.69) is 5.32 Å². The molecule has 3 heteroatoms. The fourth-order valence-corrected chi connectivity index (χ4v) is 0.756. The van der Waals surface area contributed by atoms with E-state index in [0.29, 0.717) is 0 Å². The average Bonchev–Trinajstić information content (AvgIpc) is 1.90. The monoisotopic (exact) mass is 113 g/mol.